The number of ether oxygens (including phenoxy) is 1. The number of fused-ring (bicyclic) bond motifs is 1. The van der Waals surface area contributed by atoms with E-state index in [0.717, 1.165) is 59.7 Å². The molecule has 0 unspecified atom stereocenters. The first kappa shape index (κ1) is 18.5. The molecule has 152 valence electrons. The maximum atomic E-state index is 6.23. The summed E-state index contributed by atoms with van der Waals surface area (Å²) in [5.41, 5.74) is 8.67. The molecule has 1 fully saturated rings. The second kappa shape index (κ2) is 7.74. The highest BCUT2D eigenvalue weighted by Crippen LogP contribution is 2.34. The molecule has 0 radical (unpaired) electrons. The van der Waals surface area contributed by atoms with Crippen molar-refractivity contribution >= 4 is 16.9 Å². The average molecular weight is 401 g/mol. The summed E-state index contributed by atoms with van der Waals surface area (Å²) in [7, 11) is 0. The average Bonchev–Trinajstić information content (AvgIpc) is 3.16. The predicted molar refractivity (Wildman–Crippen MR) is 116 cm³/mol. The van der Waals surface area contributed by atoms with E-state index in [1.165, 1.54) is 6.33 Å². The largest absolute Gasteiger partial charge is 0.457 e. The van der Waals surface area contributed by atoms with Crippen molar-refractivity contribution in [3.8, 4) is 22.8 Å². The van der Waals surface area contributed by atoms with Gasteiger partial charge in [-0.05, 0) is 49.2 Å². The molecule has 30 heavy (non-hydrogen) atoms. The molecule has 0 spiro atoms. The van der Waals surface area contributed by atoms with Crippen LogP contribution in [0.25, 0.3) is 22.3 Å². The Bertz CT molecular complexity index is 1160. The van der Waals surface area contributed by atoms with Gasteiger partial charge >= 0.3 is 0 Å². The van der Waals surface area contributed by atoms with Crippen LogP contribution in [0.1, 0.15) is 18.9 Å². The summed E-state index contributed by atoms with van der Waals surface area (Å²) in [5, 5.41) is 7.51. The van der Waals surface area contributed by atoms with Crippen LogP contribution in [0.3, 0.4) is 0 Å². The maximum Gasteiger partial charge on any atom is 0.164 e. The first-order valence-electron chi connectivity index (χ1n) is 10.0. The molecule has 1 atom stereocenters. The van der Waals surface area contributed by atoms with Crippen molar-refractivity contribution in [2.75, 3.05) is 18.8 Å². The van der Waals surface area contributed by atoms with Crippen molar-refractivity contribution in [1.82, 2.24) is 24.8 Å². The molecule has 8 nitrogen and oxygen atoms in total. The van der Waals surface area contributed by atoms with Gasteiger partial charge in [0, 0.05) is 18.7 Å². The summed E-state index contributed by atoms with van der Waals surface area (Å²) in [5.74, 6) is 8.02. The topological polar surface area (TPSA) is 108 Å². The second-order valence-electron chi connectivity index (χ2n) is 7.48. The quantitative estimate of drug-likeness (QED) is 0.505. The predicted octanol–water partition coefficient (Wildman–Crippen LogP) is 3.38. The molecule has 5 rings (SSSR count). The van der Waals surface area contributed by atoms with Crippen LogP contribution in [0.5, 0.6) is 11.5 Å². The molecule has 3 heterocycles. The molecule has 4 aromatic rings. The number of benzene rings is 2. The third kappa shape index (κ3) is 3.47. The SMILES string of the molecule is Nc1ncnc2c1c(-c1ccc(Oc3ccccc3)cc1)nn2[C@@H]1CCCN(N)C1. The van der Waals surface area contributed by atoms with Gasteiger partial charge in [0.05, 0.1) is 11.4 Å². The highest BCUT2D eigenvalue weighted by molar-refractivity contribution is 5.98. The van der Waals surface area contributed by atoms with E-state index in [1.54, 1.807) is 0 Å². The zero-order valence-corrected chi connectivity index (χ0v) is 16.5. The number of rotatable bonds is 4. The number of nitrogen functional groups attached to an aromatic ring is 1. The Morgan fingerprint density at radius 1 is 0.967 bits per heavy atom. The normalized spacial score (nSPS) is 17.3. The molecule has 1 saturated heterocycles. The Morgan fingerprint density at radius 2 is 1.73 bits per heavy atom. The van der Waals surface area contributed by atoms with E-state index in [9.17, 15) is 0 Å². The van der Waals surface area contributed by atoms with E-state index in [1.807, 2.05) is 64.3 Å². The van der Waals surface area contributed by atoms with Crippen LogP contribution in [0, 0.1) is 0 Å². The Kier molecular flexibility index (Phi) is 4.78. The van der Waals surface area contributed by atoms with E-state index < -0.39 is 0 Å². The summed E-state index contributed by atoms with van der Waals surface area (Å²) in [6.45, 7) is 1.62. The minimum Gasteiger partial charge on any atom is -0.457 e. The molecular weight excluding hydrogens is 378 g/mol. The van der Waals surface area contributed by atoms with Crippen molar-refractivity contribution in [3.63, 3.8) is 0 Å². The lowest BCUT2D eigenvalue weighted by Crippen LogP contribution is -2.41. The fourth-order valence-corrected chi connectivity index (χ4v) is 3.94. The number of hydrazine groups is 1. The Morgan fingerprint density at radius 3 is 2.50 bits per heavy atom. The summed E-state index contributed by atoms with van der Waals surface area (Å²) >= 11 is 0. The molecular formula is C22H23N7O. The van der Waals surface area contributed by atoms with Crippen LogP contribution in [-0.2, 0) is 0 Å². The molecule has 0 amide bonds. The first-order valence-corrected chi connectivity index (χ1v) is 10.0. The van der Waals surface area contributed by atoms with Crippen molar-refractivity contribution in [3.05, 3.63) is 60.9 Å². The molecule has 1 aliphatic rings. The lowest BCUT2D eigenvalue weighted by atomic mass is 10.1. The lowest BCUT2D eigenvalue weighted by Gasteiger charge is -2.29. The third-order valence-electron chi connectivity index (χ3n) is 5.40. The van der Waals surface area contributed by atoms with E-state index in [4.69, 9.17) is 21.4 Å². The standard InChI is InChI=1S/C22H23N7O/c23-21-19-20(15-8-10-18(11-9-15)30-17-6-2-1-3-7-17)27-29(22(19)26-14-25-21)16-5-4-12-28(24)13-16/h1-3,6-11,14,16H,4-5,12-13,24H2,(H2,23,25,26)/t16-/m1/s1. The van der Waals surface area contributed by atoms with E-state index in [-0.39, 0.29) is 6.04 Å². The Hall–Kier alpha value is -3.49. The number of anilines is 1. The molecule has 0 aliphatic carbocycles. The van der Waals surface area contributed by atoms with Crippen LogP contribution in [0.15, 0.2) is 60.9 Å². The number of hydrogen-bond acceptors (Lipinski definition) is 7. The van der Waals surface area contributed by atoms with Gasteiger partial charge in [-0.25, -0.2) is 19.7 Å². The highest BCUT2D eigenvalue weighted by atomic mass is 16.5. The van der Waals surface area contributed by atoms with Gasteiger partial charge in [0.25, 0.3) is 0 Å². The zero-order valence-electron chi connectivity index (χ0n) is 16.5. The number of para-hydroxylation sites is 1. The van der Waals surface area contributed by atoms with Crippen LogP contribution in [0.4, 0.5) is 5.82 Å². The van der Waals surface area contributed by atoms with Crippen LogP contribution >= 0.6 is 0 Å². The monoisotopic (exact) mass is 401 g/mol. The van der Waals surface area contributed by atoms with Gasteiger partial charge in [0.1, 0.15) is 29.3 Å². The zero-order chi connectivity index (χ0) is 20.5. The molecule has 2 aromatic heterocycles. The summed E-state index contributed by atoms with van der Waals surface area (Å²) in [6.07, 6.45) is 3.50. The number of piperidine rings is 1. The van der Waals surface area contributed by atoms with Crippen molar-refractivity contribution in [2.45, 2.75) is 18.9 Å². The van der Waals surface area contributed by atoms with Crippen molar-refractivity contribution in [1.29, 1.82) is 0 Å². The number of nitrogens with zero attached hydrogens (tertiary/aromatic N) is 5. The number of nitrogens with two attached hydrogens (primary N) is 2. The van der Waals surface area contributed by atoms with Gasteiger partial charge in [-0.2, -0.15) is 5.10 Å². The Labute approximate surface area is 174 Å². The number of aromatic nitrogens is 4. The summed E-state index contributed by atoms with van der Waals surface area (Å²) in [6, 6.07) is 17.6. The fraction of sp³-hybridized carbons (Fsp3) is 0.227. The fourth-order valence-electron chi connectivity index (χ4n) is 3.94. The van der Waals surface area contributed by atoms with Gasteiger partial charge in [0.2, 0.25) is 0 Å². The molecule has 0 saturated carbocycles. The summed E-state index contributed by atoms with van der Waals surface area (Å²) in [4.78, 5) is 8.68. The van der Waals surface area contributed by atoms with Gasteiger partial charge in [-0.15, -0.1) is 0 Å². The van der Waals surface area contributed by atoms with Gasteiger partial charge in [0.15, 0.2) is 5.65 Å². The van der Waals surface area contributed by atoms with Crippen LogP contribution in [-0.4, -0.2) is 37.8 Å². The first-order chi connectivity index (χ1) is 14.7. The second-order valence-corrected chi connectivity index (χ2v) is 7.48. The van der Waals surface area contributed by atoms with Gasteiger partial charge < -0.3 is 10.5 Å². The smallest absolute Gasteiger partial charge is 0.164 e. The Balaban J connectivity index is 1.52. The minimum atomic E-state index is 0.148. The molecule has 2 aromatic carbocycles. The molecule has 0 bridgehead atoms. The van der Waals surface area contributed by atoms with Gasteiger partial charge in [-0.1, -0.05) is 18.2 Å². The number of hydrogen-bond donors (Lipinski definition) is 2. The summed E-state index contributed by atoms with van der Waals surface area (Å²) < 4.78 is 7.85. The van der Waals surface area contributed by atoms with Crippen LogP contribution < -0.4 is 16.3 Å². The van der Waals surface area contributed by atoms with Crippen molar-refractivity contribution < 1.29 is 4.74 Å². The van der Waals surface area contributed by atoms with Gasteiger partial charge in [-0.3, -0.25) is 5.84 Å². The third-order valence-corrected chi connectivity index (χ3v) is 5.40. The maximum absolute atomic E-state index is 6.23. The van der Waals surface area contributed by atoms with E-state index in [2.05, 4.69) is 9.97 Å². The molecule has 8 heteroatoms. The van der Waals surface area contributed by atoms with Crippen molar-refractivity contribution in [2.24, 2.45) is 5.84 Å². The van der Waals surface area contributed by atoms with Crippen LogP contribution in [0.2, 0.25) is 0 Å². The molecule has 1 aliphatic heterocycles. The van der Waals surface area contributed by atoms with E-state index in [0.29, 0.717) is 5.82 Å². The lowest BCUT2D eigenvalue weighted by molar-refractivity contribution is 0.175. The minimum absolute atomic E-state index is 0.148. The highest BCUT2D eigenvalue weighted by Gasteiger charge is 2.25. The van der Waals surface area contributed by atoms with E-state index >= 15 is 0 Å². The molecule has 4 N–H and O–H groups in total.